The van der Waals surface area contributed by atoms with Crippen molar-refractivity contribution in [3.63, 3.8) is 0 Å². The number of aromatic nitrogens is 7. The van der Waals surface area contributed by atoms with E-state index in [1.807, 2.05) is 84.7 Å². The van der Waals surface area contributed by atoms with Crippen LogP contribution in [0.3, 0.4) is 0 Å². The monoisotopic (exact) mass is 1230 g/mol. The van der Waals surface area contributed by atoms with Gasteiger partial charge in [-0.1, -0.05) is 37.0 Å². The average molecular weight is 1230 g/mol. The third-order valence-corrected chi connectivity index (χ3v) is 16.0. The number of carbonyl (C=O) groups is 6. The third-order valence-electron chi connectivity index (χ3n) is 16.0. The second-order valence-corrected chi connectivity index (χ2v) is 22.8. The highest BCUT2D eigenvalue weighted by atomic mass is 16.6. The maximum absolute atomic E-state index is 13.8. The van der Waals surface area contributed by atoms with Crippen molar-refractivity contribution in [3.8, 4) is 11.1 Å². The number of unbranched alkanes of at least 4 members (excludes halogenated alkanes) is 5. The Kier molecular flexibility index (Phi) is 23.7. The highest BCUT2D eigenvalue weighted by molar-refractivity contribution is 6.25. The Labute approximate surface area is 517 Å². The molecule has 3 aliphatic heterocycles. The van der Waals surface area contributed by atoms with Crippen LogP contribution in [0.5, 0.6) is 0 Å². The minimum Gasteiger partial charge on any atom is -0.382 e. The fraction of sp³-hybridized carbons (Fsp3) is 0.516. The Hall–Kier alpha value is -8.23. The van der Waals surface area contributed by atoms with Crippen molar-refractivity contribution in [2.24, 2.45) is 0 Å². The van der Waals surface area contributed by atoms with Crippen molar-refractivity contribution >= 4 is 57.9 Å². The fourth-order valence-electron chi connectivity index (χ4n) is 11.3. The number of rotatable bonds is 35. The molecule has 9 rings (SSSR count). The Morgan fingerprint density at radius 1 is 0.753 bits per heavy atom. The number of hydrogen-bond acceptors (Lipinski definition) is 18. The van der Waals surface area contributed by atoms with Crippen molar-refractivity contribution in [2.45, 2.75) is 117 Å². The molecule has 2 aromatic carbocycles. The number of aromatic amines is 1. The number of benzene rings is 2. The zero-order valence-corrected chi connectivity index (χ0v) is 51.5. The molecular weight excluding hydrogens is 1140 g/mol. The summed E-state index contributed by atoms with van der Waals surface area (Å²) >= 11 is 0. The molecule has 1 unspecified atom stereocenters. The molecule has 7 heterocycles. The molecule has 2 fully saturated rings. The van der Waals surface area contributed by atoms with E-state index in [-0.39, 0.29) is 53.9 Å². The van der Waals surface area contributed by atoms with Crippen LogP contribution in [0.4, 0.5) is 11.5 Å². The number of piperazine rings is 1. The highest BCUT2D eigenvalue weighted by Crippen LogP contribution is 2.33. The van der Waals surface area contributed by atoms with Gasteiger partial charge in [0.25, 0.3) is 23.3 Å². The van der Waals surface area contributed by atoms with Crippen LogP contribution < -0.4 is 26.4 Å². The maximum atomic E-state index is 13.8. The zero-order chi connectivity index (χ0) is 62.7. The number of H-pyrrole nitrogens is 1. The number of anilines is 2. The van der Waals surface area contributed by atoms with E-state index in [1.165, 1.54) is 0 Å². The molecule has 4 N–H and O–H groups in total. The van der Waals surface area contributed by atoms with E-state index < -0.39 is 29.7 Å². The van der Waals surface area contributed by atoms with Crippen molar-refractivity contribution in [1.29, 1.82) is 0 Å². The number of piperidine rings is 1. The van der Waals surface area contributed by atoms with Crippen LogP contribution in [0.1, 0.15) is 131 Å². The van der Waals surface area contributed by atoms with Crippen molar-refractivity contribution in [2.75, 3.05) is 109 Å². The third kappa shape index (κ3) is 17.6. The summed E-state index contributed by atoms with van der Waals surface area (Å²) < 4.78 is 31.8. The van der Waals surface area contributed by atoms with Gasteiger partial charge in [0.15, 0.2) is 0 Å². The minimum atomic E-state index is -1.02. The summed E-state index contributed by atoms with van der Waals surface area (Å²) in [7, 11) is 0. The van der Waals surface area contributed by atoms with E-state index in [0.717, 1.165) is 94.6 Å². The van der Waals surface area contributed by atoms with Crippen LogP contribution in [-0.2, 0) is 57.6 Å². The van der Waals surface area contributed by atoms with Crippen LogP contribution in [0.2, 0.25) is 0 Å². The van der Waals surface area contributed by atoms with Gasteiger partial charge in [-0.15, -0.1) is 5.10 Å². The highest BCUT2D eigenvalue weighted by Gasteiger charge is 2.45. The molecule has 6 amide bonds. The molecule has 3 aliphatic rings. The van der Waals surface area contributed by atoms with E-state index >= 15 is 0 Å². The number of aryl methyl sites for hydroxylation is 3. The molecule has 0 aliphatic carbocycles. The average Bonchev–Trinajstić information content (AvgIpc) is 1.81. The Morgan fingerprint density at radius 3 is 2.13 bits per heavy atom. The first-order chi connectivity index (χ1) is 43.2. The molecule has 25 heteroatoms. The number of hydrogen-bond donors (Lipinski definition) is 4. The molecule has 4 aromatic heterocycles. The quantitative estimate of drug-likeness (QED) is 0.0273. The van der Waals surface area contributed by atoms with Crippen molar-refractivity contribution in [3.05, 3.63) is 117 Å². The second kappa shape index (κ2) is 32.3. The predicted octanol–water partition coefficient (Wildman–Crippen LogP) is 5.72. The minimum absolute atomic E-state index is 0.0579. The second-order valence-electron chi connectivity index (χ2n) is 22.8. The van der Waals surface area contributed by atoms with Gasteiger partial charge in [0.05, 0.1) is 107 Å². The molecule has 0 saturated carbocycles. The Balaban J connectivity index is 0.548. The van der Waals surface area contributed by atoms with Gasteiger partial charge < -0.3 is 49.1 Å². The normalized spacial score (nSPS) is 15.2. The van der Waals surface area contributed by atoms with Crippen LogP contribution in [0.25, 0.3) is 22.0 Å². The zero-order valence-electron chi connectivity index (χ0n) is 51.5. The largest absolute Gasteiger partial charge is 0.382 e. The van der Waals surface area contributed by atoms with Gasteiger partial charge in [-0.2, -0.15) is 5.10 Å². The lowest BCUT2D eigenvalue weighted by Gasteiger charge is -2.35. The summed E-state index contributed by atoms with van der Waals surface area (Å²) in [4.78, 5) is 103. The van der Waals surface area contributed by atoms with Gasteiger partial charge in [0.1, 0.15) is 11.9 Å². The van der Waals surface area contributed by atoms with Gasteiger partial charge in [0.2, 0.25) is 17.7 Å². The summed E-state index contributed by atoms with van der Waals surface area (Å²) in [6.45, 7) is 15.7. The molecule has 0 bridgehead atoms. The fourth-order valence-corrected chi connectivity index (χ4v) is 11.3. The number of fused-ring (bicyclic) bond motifs is 2. The van der Waals surface area contributed by atoms with Gasteiger partial charge in [-0.25, -0.2) is 9.67 Å². The Morgan fingerprint density at radius 2 is 1.45 bits per heavy atom. The van der Waals surface area contributed by atoms with Crippen molar-refractivity contribution in [1.82, 2.24) is 55.2 Å². The predicted molar refractivity (Wildman–Crippen MR) is 332 cm³/mol. The lowest BCUT2D eigenvalue weighted by Crippen LogP contribution is -2.54. The van der Waals surface area contributed by atoms with Crippen molar-refractivity contribution < 1.29 is 52.5 Å². The summed E-state index contributed by atoms with van der Waals surface area (Å²) in [5.74, 6) is -1.43. The SMILES string of the molecule is Cc1cc(C)c(CNC(=O)c2cc(-c3ccc(N4CCN(C(=O)CCCCCCCCc5cn(CCOCCOCCOCCOCCOCCNc6cccc7c6C(=O)N(C6CCC(=O)NC6=O)C7=O)nn5)CC4)nc3)cc3c2cnn3C(C)C)c(=O)[nH]1. The Bertz CT molecular complexity index is 3460. The standard InChI is InChI=1S/C64H83N13O12/c1-43(2)77-55-38-47(37-50(52(55)41-68-77)60(80)67-40-51-44(3)36-45(4)69-61(51)81)46-16-18-56(66-39-46)73-21-23-74(24-22-73)58(79)15-10-8-6-5-7-9-12-48-42-75(72-71-48)25-27-86-29-31-88-33-35-89-34-32-87-30-28-85-26-20-65-53-14-11-13-49-59(53)64(84)76(63(49)83)54-17-19-57(78)70-62(54)82/h11,13-14,16,18,36-39,41-43,54,65H,5-10,12,15,17,19-35,40H2,1-4H3,(H,67,80)(H,69,81)(H,70,78,82). The van der Waals surface area contributed by atoms with E-state index in [4.69, 9.17) is 28.7 Å². The molecule has 6 aromatic rings. The number of ether oxygens (including phenoxy) is 5. The molecule has 2 saturated heterocycles. The van der Waals surface area contributed by atoms with E-state index in [9.17, 15) is 33.6 Å². The van der Waals surface area contributed by atoms with E-state index in [0.29, 0.717) is 129 Å². The topological polar surface area (TPSA) is 289 Å². The van der Waals surface area contributed by atoms with E-state index in [2.05, 4.69) is 41.2 Å². The van der Waals surface area contributed by atoms with Crippen LogP contribution in [0, 0.1) is 13.8 Å². The molecular formula is C64H83N13O12. The number of amides is 6. The summed E-state index contributed by atoms with van der Waals surface area (Å²) in [5.41, 5.74) is 6.76. The molecule has 476 valence electrons. The lowest BCUT2D eigenvalue weighted by atomic mass is 10.0. The van der Waals surface area contributed by atoms with Crippen LogP contribution in [-0.4, -0.2) is 185 Å². The summed E-state index contributed by atoms with van der Waals surface area (Å²) in [6, 6.07) is 13.8. The summed E-state index contributed by atoms with van der Waals surface area (Å²) in [5, 5.41) is 22.3. The van der Waals surface area contributed by atoms with Crippen LogP contribution in [0.15, 0.2) is 71.9 Å². The molecule has 89 heavy (non-hydrogen) atoms. The molecule has 0 radical (unpaired) electrons. The van der Waals surface area contributed by atoms with Gasteiger partial charge in [-0.3, -0.25) is 48.5 Å². The van der Waals surface area contributed by atoms with Gasteiger partial charge in [-0.05, 0) is 107 Å². The molecule has 0 spiro atoms. The first-order valence-electron chi connectivity index (χ1n) is 31.1. The first kappa shape index (κ1) is 65.2. The van der Waals surface area contributed by atoms with Gasteiger partial charge >= 0.3 is 0 Å². The van der Waals surface area contributed by atoms with Gasteiger partial charge in [0, 0.05) is 98.4 Å². The maximum Gasteiger partial charge on any atom is 0.264 e. The number of carbonyl (C=O) groups excluding carboxylic acids is 6. The lowest BCUT2D eigenvalue weighted by molar-refractivity contribution is -0.136. The smallest absolute Gasteiger partial charge is 0.264 e. The van der Waals surface area contributed by atoms with Crippen LogP contribution >= 0.6 is 0 Å². The number of nitrogens with zero attached hydrogens (tertiary/aromatic N) is 9. The molecule has 25 nitrogen and oxygen atoms in total. The first-order valence-corrected chi connectivity index (χ1v) is 31.1. The number of imide groups is 2. The van der Waals surface area contributed by atoms with E-state index in [1.54, 1.807) is 24.4 Å². The molecule has 1 atom stereocenters. The summed E-state index contributed by atoms with van der Waals surface area (Å²) in [6.07, 6.45) is 13.4. The number of pyridine rings is 2. The number of nitrogens with one attached hydrogen (secondary N) is 4.